The van der Waals surface area contributed by atoms with E-state index in [0.29, 0.717) is 6.54 Å². The van der Waals surface area contributed by atoms with Crippen LogP contribution in [0.4, 0.5) is 0 Å². The number of carbonyl (C=O) groups is 1. The molecule has 5 nitrogen and oxygen atoms in total. The molecule has 18 heavy (non-hydrogen) atoms. The zero-order chi connectivity index (χ0) is 13.3. The van der Waals surface area contributed by atoms with Gasteiger partial charge in [0.15, 0.2) is 0 Å². The summed E-state index contributed by atoms with van der Waals surface area (Å²) in [6.45, 7) is 5.59. The average molecular weight is 251 g/mol. The number of rotatable bonds is 3. The molecule has 1 N–H and O–H groups in total. The molecule has 0 saturated carbocycles. The van der Waals surface area contributed by atoms with Gasteiger partial charge >= 0.3 is 5.97 Å². The molecule has 1 atom stereocenters. The highest BCUT2D eigenvalue weighted by Crippen LogP contribution is 2.22. The second-order valence-electron chi connectivity index (χ2n) is 5.09. The molecule has 0 spiro atoms. The normalized spacial score (nSPS) is 21.2. The van der Waals surface area contributed by atoms with Crippen molar-refractivity contribution in [1.29, 1.82) is 0 Å². The summed E-state index contributed by atoms with van der Waals surface area (Å²) in [6, 6.07) is -0.335. The monoisotopic (exact) mass is 251 g/mol. The summed E-state index contributed by atoms with van der Waals surface area (Å²) in [6.07, 6.45) is 2.86. The van der Waals surface area contributed by atoms with Gasteiger partial charge in [0.05, 0.1) is 5.69 Å². The summed E-state index contributed by atoms with van der Waals surface area (Å²) in [5.74, 6) is -0.700. The van der Waals surface area contributed by atoms with E-state index in [1.165, 1.54) is 5.56 Å². The fraction of sp³-hybridized carbons (Fsp3) is 0.692. The Kier molecular flexibility index (Phi) is 3.71. The lowest BCUT2D eigenvalue weighted by Gasteiger charge is -2.32. The predicted octanol–water partition coefficient (Wildman–Crippen LogP) is 1.48. The predicted molar refractivity (Wildman–Crippen MR) is 68.4 cm³/mol. The van der Waals surface area contributed by atoms with Crippen LogP contribution in [-0.2, 0) is 18.4 Å². The molecular formula is C13H21N3O2. The Morgan fingerprint density at radius 2 is 2.17 bits per heavy atom. The van der Waals surface area contributed by atoms with Gasteiger partial charge in [-0.15, -0.1) is 0 Å². The highest BCUT2D eigenvalue weighted by Gasteiger charge is 2.29. The van der Waals surface area contributed by atoms with Crippen molar-refractivity contribution < 1.29 is 9.90 Å². The second kappa shape index (κ2) is 5.10. The van der Waals surface area contributed by atoms with Crippen LogP contribution in [-0.4, -0.2) is 38.3 Å². The quantitative estimate of drug-likeness (QED) is 0.884. The average Bonchev–Trinajstić information content (AvgIpc) is 2.56. The Balaban J connectivity index is 2.18. The van der Waals surface area contributed by atoms with Crippen molar-refractivity contribution in [2.75, 3.05) is 6.54 Å². The number of carboxylic acid groups (broad SMARTS) is 1. The fourth-order valence-corrected chi connectivity index (χ4v) is 2.71. The summed E-state index contributed by atoms with van der Waals surface area (Å²) in [5.41, 5.74) is 3.30. The molecule has 0 amide bonds. The number of hydrogen-bond donors (Lipinski definition) is 1. The minimum atomic E-state index is -0.700. The van der Waals surface area contributed by atoms with Crippen LogP contribution in [0.5, 0.6) is 0 Å². The topological polar surface area (TPSA) is 58.4 Å². The standard InChI is InChI=1S/C13H21N3O2/c1-9-11(10(2)15(3)14-9)8-16-7-5-4-6-12(16)13(17)18/h12H,4-8H2,1-3H3,(H,17,18). The number of aryl methyl sites for hydroxylation is 2. The Bertz CT molecular complexity index is 453. The molecule has 100 valence electrons. The maximum atomic E-state index is 11.3. The molecule has 2 rings (SSSR count). The van der Waals surface area contributed by atoms with Crippen LogP contribution in [0.1, 0.15) is 36.2 Å². The maximum Gasteiger partial charge on any atom is 0.320 e. The first-order valence-electron chi connectivity index (χ1n) is 6.46. The van der Waals surface area contributed by atoms with Crippen molar-refractivity contribution in [3.63, 3.8) is 0 Å². The highest BCUT2D eigenvalue weighted by molar-refractivity contribution is 5.73. The van der Waals surface area contributed by atoms with E-state index < -0.39 is 5.97 Å². The van der Waals surface area contributed by atoms with E-state index in [4.69, 9.17) is 0 Å². The Morgan fingerprint density at radius 3 is 2.72 bits per heavy atom. The van der Waals surface area contributed by atoms with Gasteiger partial charge in [0.1, 0.15) is 6.04 Å². The van der Waals surface area contributed by atoms with Crippen LogP contribution in [0, 0.1) is 13.8 Å². The van der Waals surface area contributed by atoms with E-state index >= 15 is 0 Å². The number of aromatic nitrogens is 2. The summed E-state index contributed by atoms with van der Waals surface area (Å²) >= 11 is 0. The van der Waals surface area contributed by atoms with Crippen molar-refractivity contribution in [1.82, 2.24) is 14.7 Å². The van der Waals surface area contributed by atoms with Crippen molar-refractivity contribution in [2.24, 2.45) is 7.05 Å². The zero-order valence-electron chi connectivity index (χ0n) is 11.3. The number of piperidine rings is 1. The van der Waals surface area contributed by atoms with Gasteiger partial charge in [-0.05, 0) is 33.2 Å². The van der Waals surface area contributed by atoms with Crippen molar-refractivity contribution in [2.45, 2.75) is 45.7 Å². The van der Waals surface area contributed by atoms with Gasteiger partial charge in [0.25, 0.3) is 0 Å². The Labute approximate surface area is 107 Å². The largest absolute Gasteiger partial charge is 0.480 e. The van der Waals surface area contributed by atoms with Crippen molar-refractivity contribution >= 4 is 5.97 Å². The van der Waals surface area contributed by atoms with E-state index in [2.05, 4.69) is 10.00 Å². The molecule has 0 bridgehead atoms. The first-order valence-corrected chi connectivity index (χ1v) is 6.46. The third kappa shape index (κ3) is 2.41. The minimum absolute atomic E-state index is 0.335. The van der Waals surface area contributed by atoms with Gasteiger partial charge in [-0.2, -0.15) is 5.10 Å². The number of likely N-dealkylation sites (tertiary alicyclic amines) is 1. The summed E-state index contributed by atoms with van der Waals surface area (Å²) < 4.78 is 1.87. The van der Waals surface area contributed by atoms with Gasteiger partial charge in [0, 0.05) is 24.8 Å². The van der Waals surface area contributed by atoms with E-state index in [0.717, 1.165) is 37.2 Å². The van der Waals surface area contributed by atoms with Crippen LogP contribution < -0.4 is 0 Å². The van der Waals surface area contributed by atoms with Crippen molar-refractivity contribution in [3.05, 3.63) is 17.0 Å². The molecule has 1 saturated heterocycles. The molecule has 1 aliphatic heterocycles. The third-order valence-electron chi connectivity index (χ3n) is 3.92. The Morgan fingerprint density at radius 1 is 1.44 bits per heavy atom. The van der Waals surface area contributed by atoms with Crippen molar-refractivity contribution in [3.8, 4) is 0 Å². The molecule has 0 aromatic carbocycles. The minimum Gasteiger partial charge on any atom is -0.480 e. The van der Waals surface area contributed by atoms with E-state index in [9.17, 15) is 9.90 Å². The van der Waals surface area contributed by atoms with Crippen LogP contribution in [0.2, 0.25) is 0 Å². The van der Waals surface area contributed by atoms with E-state index in [-0.39, 0.29) is 6.04 Å². The van der Waals surface area contributed by atoms with E-state index in [1.54, 1.807) is 0 Å². The zero-order valence-corrected chi connectivity index (χ0v) is 11.3. The lowest BCUT2D eigenvalue weighted by atomic mass is 10.0. The number of hydrogen-bond acceptors (Lipinski definition) is 3. The lowest BCUT2D eigenvalue weighted by molar-refractivity contribution is -0.144. The molecule has 0 radical (unpaired) electrons. The fourth-order valence-electron chi connectivity index (χ4n) is 2.71. The molecule has 1 unspecified atom stereocenters. The van der Waals surface area contributed by atoms with Gasteiger partial charge in [-0.1, -0.05) is 6.42 Å². The first-order chi connectivity index (χ1) is 8.50. The maximum absolute atomic E-state index is 11.3. The van der Waals surface area contributed by atoms with Crippen LogP contribution in [0.3, 0.4) is 0 Å². The summed E-state index contributed by atoms with van der Waals surface area (Å²) in [7, 11) is 1.93. The van der Waals surface area contributed by atoms with Crippen LogP contribution in [0.15, 0.2) is 0 Å². The third-order valence-corrected chi connectivity index (χ3v) is 3.92. The highest BCUT2D eigenvalue weighted by atomic mass is 16.4. The van der Waals surface area contributed by atoms with Gasteiger partial charge in [-0.3, -0.25) is 14.4 Å². The SMILES string of the molecule is Cc1nn(C)c(C)c1CN1CCCCC1C(=O)O. The summed E-state index contributed by atoms with van der Waals surface area (Å²) in [4.78, 5) is 13.3. The van der Waals surface area contributed by atoms with Crippen LogP contribution in [0.25, 0.3) is 0 Å². The molecule has 0 aliphatic carbocycles. The molecule has 1 aromatic heterocycles. The molecular weight excluding hydrogens is 230 g/mol. The molecule has 1 fully saturated rings. The van der Waals surface area contributed by atoms with Gasteiger partial charge < -0.3 is 5.11 Å². The van der Waals surface area contributed by atoms with Crippen LogP contribution >= 0.6 is 0 Å². The first kappa shape index (κ1) is 13.1. The lowest BCUT2D eigenvalue weighted by Crippen LogP contribution is -2.44. The number of nitrogens with zero attached hydrogens (tertiary/aromatic N) is 3. The second-order valence-corrected chi connectivity index (χ2v) is 5.09. The molecule has 1 aromatic rings. The Hall–Kier alpha value is -1.36. The van der Waals surface area contributed by atoms with E-state index in [1.807, 2.05) is 25.6 Å². The summed E-state index contributed by atoms with van der Waals surface area (Å²) in [5, 5.41) is 13.7. The van der Waals surface area contributed by atoms with Gasteiger partial charge in [-0.25, -0.2) is 0 Å². The number of carboxylic acids is 1. The molecule has 1 aliphatic rings. The number of aliphatic carboxylic acids is 1. The molecule has 2 heterocycles. The molecule has 5 heteroatoms. The van der Waals surface area contributed by atoms with Gasteiger partial charge in [0.2, 0.25) is 0 Å². The smallest absolute Gasteiger partial charge is 0.320 e.